The first kappa shape index (κ1) is 33.4. The Bertz CT molecular complexity index is 706. The van der Waals surface area contributed by atoms with E-state index in [9.17, 15) is 4.79 Å². The van der Waals surface area contributed by atoms with Crippen molar-refractivity contribution in [2.45, 2.75) is 85.4 Å². The van der Waals surface area contributed by atoms with Crippen LogP contribution in [0.3, 0.4) is 0 Å². The van der Waals surface area contributed by atoms with Crippen molar-refractivity contribution in [3.05, 3.63) is 61.2 Å². The molecule has 1 aliphatic heterocycles. The molecule has 1 saturated heterocycles. The third-order valence-corrected chi connectivity index (χ3v) is 4.97. The molecule has 0 aromatic heterocycles. The fourth-order valence-corrected chi connectivity index (χ4v) is 3.03. The lowest BCUT2D eigenvalue weighted by Crippen LogP contribution is -2.23. The summed E-state index contributed by atoms with van der Waals surface area (Å²) in [6, 6.07) is 0. The highest BCUT2D eigenvalue weighted by Gasteiger charge is 2.14. The molecule has 0 amide bonds. The highest BCUT2D eigenvalue weighted by atomic mass is 16.7. The maximum Gasteiger partial charge on any atom is 0.194 e. The molecule has 0 aliphatic carbocycles. The minimum Gasteiger partial charge on any atom is -0.487 e. The average Bonchev–Trinajstić information content (AvgIpc) is 2.93. The van der Waals surface area contributed by atoms with Crippen LogP contribution in [0.1, 0.15) is 79.1 Å². The Hall–Kier alpha value is -2.64. The van der Waals surface area contributed by atoms with Gasteiger partial charge in [0.1, 0.15) is 24.4 Å². The Kier molecular flexibility index (Phi) is 22.3. The summed E-state index contributed by atoms with van der Waals surface area (Å²) in [5, 5.41) is 0. The van der Waals surface area contributed by atoms with E-state index in [0.29, 0.717) is 18.7 Å². The second-order valence-corrected chi connectivity index (χ2v) is 7.77. The maximum atomic E-state index is 11.3. The number of aldehydes is 1. The van der Waals surface area contributed by atoms with Crippen molar-refractivity contribution < 1.29 is 23.7 Å². The zero-order valence-electron chi connectivity index (χ0n) is 23.0. The van der Waals surface area contributed by atoms with Gasteiger partial charge in [0.15, 0.2) is 18.3 Å². The van der Waals surface area contributed by atoms with Crippen LogP contribution in [-0.2, 0) is 23.7 Å². The van der Waals surface area contributed by atoms with Crippen molar-refractivity contribution >= 4 is 12.5 Å². The third-order valence-electron chi connectivity index (χ3n) is 4.97. The van der Waals surface area contributed by atoms with Gasteiger partial charge in [-0.15, -0.1) is 6.58 Å². The first-order chi connectivity index (χ1) is 17.6. The molecule has 7 heteroatoms. The largest absolute Gasteiger partial charge is 0.487 e. The first-order valence-corrected chi connectivity index (χ1v) is 13.2. The highest BCUT2D eigenvalue weighted by Crippen LogP contribution is 2.15. The average molecular weight is 505 g/mol. The standard InChI is InChI=1S/C27H42N2O5.C2H6/c1-5-8-11-17-29(24(4)28-16-6-2)18-12-9-13-19-31-26(21-30)23-33-25(7-3)22-34-27-15-10-14-20-32-27;1-2/h5,7,11,16-17,21,23,27H,1,4,6,8-10,12-15,18-20,22H2,2-3H3;1-2H3/b17-11-,25-7-,26-23+,28-16-;. The highest BCUT2D eigenvalue weighted by molar-refractivity contribution is 5.69. The number of rotatable bonds is 19. The molecule has 0 bridgehead atoms. The van der Waals surface area contributed by atoms with E-state index in [1.807, 2.05) is 57.2 Å². The van der Waals surface area contributed by atoms with Crippen LogP contribution in [0, 0.1) is 0 Å². The van der Waals surface area contributed by atoms with E-state index in [1.165, 1.54) is 6.26 Å². The quantitative estimate of drug-likeness (QED) is 0.0469. The molecular formula is C29H48N2O5. The van der Waals surface area contributed by atoms with Crippen LogP contribution in [0.5, 0.6) is 0 Å². The van der Waals surface area contributed by atoms with Crippen LogP contribution >= 0.6 is 0 Å². The molecule has 0 spiro atoms. The summed E-state index contributed by atoms with van der Waals surface area (Å²) in [7, 11) is 0. The van der Waals surface area contributed by atoms with E-state index in [2.05, 4.69) is 18.2 Å². The van der Waals surface area contributed by atoms with Crippen molar-refractivity contribution in [2.75, 3.05) is 26.4 Å². The molecule has 1 atom stereocenters. The summed E-state index contributed by atoms with van der Waals surface area (Å²) in [6.07, 6.45) is 18.8. The number of hydrogen-bond donors (Lipinski definition) is 0. The monoisotopic (exact) mass is 504 g/mol. The Morgan fingerprint density at radius 3 is 2.67 bits per heavy atom. The molecule has 36 heavy (non-hydrogen) atoms. The van der Waals surface area contributed by atoms with E-state index < -0.39 is 0 Å². The van der Waals surface area contributed by atoms with Gasteiger partial charge < -0.3 is 23.8 Å². The number of carbonyl (C=O) groups excluding carboxylic acids is 1. The van der Waals surface area contributed by atoms with Crippen molar-refractivity contribution in [2.24, 2.45) is 4.99 Å². The molecule has 1 aliphatic rings. The third kappa shape index (κ3) is 16.9. The van der Waals surface area contributed by atoms with E-state index >= 15 is 0 Å². The van der Waals surface area contributed by atoms with Gasteiger partial charge in [-0.3, -0.25) is 4.79 Å². The smallest absolute Gasteiger partial charge is 0.194 e. The Balaban J connectivity index is 0.00000596. The first-order valence-electron chi connectivity index (χ1n) is 13.2. The summed E-state index contributed by atoms with van der Waals surface area (Å²) >= 11 is 0. The molecule has 1 unspecified atom stereocenters. The van der Waals surface area contributed by atoms with Crippen LogP contribution in [-0.4, -0.2) is 50.1 Å². The van der Waals surface area contributed by atoms with Gasteiger partial charge in [0, 0.05) is 25.6 Å². The SMILES string of the molecule is C=CC/C=C\N(CCCCCO/C(C=O)=C/O/C(=C\C)COC1CCCCO1)C(=C)/N=C\CC.CC. The van der Waals surface area contributed by atoms with E-state index in [0.717, 1.165) is 70.3 Å². The molecule has 7 nitrogen and oxygen atoms in total. The molecule has 204 valence electrons. The predicted octanol–water partition coefficient (Wildman–Crippen LogP) is 7.05. The van der Waals surface area contributed by atoms with Crippen LogP contribution in [0.4, 0.5) is 0 Å². The zero-order valence-corrected chi connectivity index (χ0v) is 23.0. The fourth-order valence-electron chi connectivity index (χ4n) is 3.03. The number of carbonyl (C=O) groups is 1. The lowest BCUT2D eigenvalue weighted by molar-refractivity contribution is -0.160. The van der Waals surface area contributed by atoms with Gasteiger partial charge in [-0.25, -0.2) is 4.99 Å². The van der Waals surface area contributed by atoms with Crippen molar-refractivity contribution in [3.63, 3.8) is 0 Å². The van der Waals surface area contributed by atoms with E-state index in [-0.39, 0.29) is 18.7 Å². The molecule has 0 N–H and O–H groups in total. The maximum absolute atomic E-state index is 11.3. The van der Waals surface area contributed by atoms with Crippen LogP contribution in [0.25, 0.3) is 0 Å². The van der Waals surface area contributed by atoms with E-state index in [1.54, 1.807) is 6.08 Å². The van der Waals surface area contributed by atoms with Crippen molar-refractivity contribution in [1.82, 2.24) is 4.90 Å². The summed E-state index contributed by atoms with van der Waals surface area (Å²) in [5.41, 5.74) is 0. The number of unbranched alkanes of at least 4 members (excludes halogenated alkanes) is 2. The second kappa shape index (κ2) is 24.1. The minimum absolute atomic E-state index is 0.157. The Morgan fingerprint density at radius 2 is 2.03 bits per heavy atom. The fraction of sp³-hybridized carbons (Fsp3) is 0.586. The number of aliphatic imine (C=N–C) groups is 1. The lowest BCUT2D eigenvalue weighted by atomic mass is 10.2. The lowest BCUT2D eigenvalue weighted by Gasteiger charge is -2.22. The Labute approximate surface area is 219 Å². The molecule has 0 aromatic rings. The molecular weight excluding hydrogens is 456 g/mol. The van der Waals surface area contributed by atoms with Gasteiger partial charge in [0.25, 0.3) is 0 Å². The molecule has 0 aromatic carbocycles. The van der Waals surface area contributed by atoms with Gasteiger partial charge in [-0.2, -0.15) is 0 Å². The van der Waals surface area contributed by atoms with Crippen molar-refractivity contribution in [3.8, 4) is 0 Å². The molecule has 1 fully saturated rings. The van der Waals surface area contributed by atoms with Gasteiger partial charge in [0.05, 0.1) is 6.61 Å². The summed E-state index contributed by atoms with van der Waals surface area (Å²) in [5.74, 6) is 1.48. The predicted molar refractivity (Wildman–Crippen MR) is 148 cm³/mol. The van der Waals surface area contributed by atoms with Crippen LogP contribution in [0.15, 0.2) is 66.2 Å². The van der Waals surface area contributed by atoms with Gasteiger partial charge in [0.2, 0.25) is 0 Å². The summed E-state index contributed by atoms with van der Waals surface area (Å²) in [6.45, 7) is 17.9. The second-order valence-electron chi connectivity index (χ2n) is 7.77. The van der Waals surface area contributed by atoms with Gasteiger partial charge >= 0.3 is 0 Å². The van der Waals surface area contributed by atoms with Crippen molar-refractivity contribution in [1.29, 1.82) is 0 Å². The number of ether oxygens (including phenoxy) is 4. The summed E-state index contributed by atoms with van der Waals surface area (Å²) in [4.78, 5) is 17.7. The molecule has 1 heterocycles. The normalized spacial score (nSPS) is 16.4. The van der Waals surface area contributed by atoms with Crippen LogP contribution in [0.2, 0.25) is 0 Å². The molecule has 0 radical (unpaired) electrons. The summed E-state index contributed by atoms with van der Waals surface area (Å²) < 4.78 is 22.4. The van der Waals surface area contributed by atoms with Gasteiger partial charge in [-0.1, -0.05) is 39.5 Å². The van der Waals surface area contributed by atoms with Crippen LogP contribution < -0.4 is 0 Å². The Morgan fingerprint density at radius 1 is 1.22 bits per heavy atom. The van der Waals surface area contributed by atoms with E-state index in [4.69, 9.17) is 18.9 Å². The number of hydrogen-bond acceptors (Lipinski definition) is 7. The topological polar surface area (TPSA) is 69.6 Å². The minimum atomic E-state index is -0.193. The zero-order chi connectivity index (χ0) is 26.9. The molecule has 1 rings (SSSR count). The number of allylic oxidation sites excluding steroid dienone is 4. The van der Waals surface area contributed by atoms with Gasteiger partial charge in [-0.05, 0) is 64.4 Å². The molecule has 0 saturated carbocycles. The number of nitrogens with zero attached hydrogens (tertiary/aromatic N) is 2.